The van der Waals surface area contributed by atoms with Crippen molar-refractivity contribution in [1.82, 2.24) is 0 Å². The number of isocyanates is 1. The van der Waals surface area contributed by atoms with Gasteiger partial charge in [-0.1, -0.05) is 6.58 Å². The van der Waals surface area contributed by atoms with Crippen molar-refractivity contribution in [3.8, 4) is 0 Å². The topological polar surface area (TPSA) is 82.0 Å². The van der Waals surface area contributed by atoms with Crippen LogP contribution in [0, 0.1) is 0 Å². The molecule has 0 spiro atoms. The average molecular weight is 227 g/mol. The first-order chi connectivity index (χ1) is 7.51. The first kappa shape index (κ1) is 14.1. The number of ether oxygens (including phenoxy) is 2. The second-order valence-electron chi connectivity index (χ2n) is 2.81. The fourth-order valence-corrected chi connectivity index (χ4v) is 0.797. The Bertz CT molecular complexity index is 330. The molecule has 0 saturated heterocycles. The maximum atomic E-state index is 11.2. The number of carbonyl (C=O) groups is 2. The molecular formula is C10H13NO5. The van der Waals surface area contributed by atoms with E-state index in [1.807, 2.05) is 0 Å². The lowest BCUT2D eigenvalue weighted by Gasteiger charge is -2.08. The number of carbonyl (C=O) groups excluding carboxylic acids is 3. The lowest BCUT2D eigenvalue weighted by molar-refractivity contribution is -0.147. The summed E-state index contributed by atoms with van der Waals surface area (Å²) in [6.45, 7) is 6.65. The molecule has 88 valence electrons. The predicted molar refractivity (Wildman–Crippen MR) is 54.1 cm³/mol. The largest absolute Gasteiger partial charge is 0.466 e. The molecular weight excluding hydrogens is 214 g/mol. The Morgan fingerprint density at radius 1 is 1.50 bits per heavy atom. The van der Waals surface area contributed by atoms with Gasteiger partial charge in [-0.25, -0.2) is 9.59 Å². The molecule has 0 bridgehead atoms. The number of nitrogens with zero attached hydrogens (tertiary/aromatic N) is 1. The van der Waals surface area contributed by atoms with Gasteiger partial charge < -0.3 is 9.47 Å². The standard InChI is InChI=1S/C10H13NO5/c1-4-15-9(13)5-7(2)10(14)16-8(3)11-6-12/h8H,2,4-5H2,1,3H3. The zero-order valence-electron chi connectivity index (χ0n) is 9.19. The minimum atomic E-state index is -0.941. The lowest BCUT2D eigenvalue weighted by atomic mass is 10.2. The Morgan fingerprint density at radius 2 is 2.12 bits per heavy atom. The third-order valence-electron chi connectivity index (χ3n) is 1.46. The van der Waals surface area contributed by atoms with E-state index in [1.54, 1.807) is 6.92 Å². The first-order valence-corrected chi connectivity index (χ1v) is 4.62. The zero-order chi connectivity index (χ0) is 12.6. The highest BCUT2D eigenvalue weighted by Crippen LogP contribution is 2.05. The van der Waals surface area contributed by atoms with Gasteiger partial charge in [0.15, 0.2) is 0 Å². The number of aliphatic imine (C=N–C) groups is 1. The summed E-state index contributed by atoms with van der Waals surface area (Å²) in [7, 11) is 0. The molecule has 0 aliphatic heterocycles. The van der Waals surface area contributed by atoms with E-state index in [-0.39, 0.29) is 18.6 Å². The van der Waals surface area contributed by atoms with E-state index in [2.05, 4.69) is 21.0 Å². The Hall–Kier alpha value is -1.94. The van der Waals surface area contributed by atoms with Gasteiger partial charge in [-0.3, -0.25) is 4.79 Å². The van der Waals surface area contributed by atoms with Crippen LogP contribution in [0.4, 0.5) is 0 Å². The summed E-state index contributed by atoms with van der Waals surface area (Å²) in [5.41, 5.74) is -0.0496. The number of esters is 2. The van der Waals surface area contributed by atoms with Crippen LogP contribution in [0.5, 0.6) is 0 Å². The average Bonchev–Trinajstić information content (AvgIpc) is 2.17. The van der Waals surface area contributed by atoms with Crippen molar-refractivity contribution in [2.45, 2.75) is 26.5 Å². The van der Waals surface area contributed by atoms with E-state index < -0.39 is 18.2 Å². The van der Waals surface area contributed by atoms with E-state index >= 15 is 0 Å². The Balaban J connectivity index is 4.14. The van der Waals surface area contributed by atoms with Crippen LogP contribution in [-0.4, -0.2) is 30.9 Å². The van der Waals surface area contributed by atoms with Crippen LogP contribution in [0.1, 0.15) is 20.3 Å². The Morgan fingerprint density at radius 3 is 2.62 bits per heavy atom. The molecule has 0 amide bonds. The number of hydrogen-bond acceptors (Lipinski definition) is 6. The van der Waals surface area contributed by atoms with E-state index in [9.17, 15) is 14.4 Å². The number of hydrogen-bond donors (Lipinski definition) is 0. The molecule has 0 heterocycles. The molecule has 1 atom stereocenters. The van der Waals surface area contributed by atoms with E-state index in [0.717, 1.165) is 0 Å². The van der Waals surface area contributed by atoms with Crippen LogP contribution < -0.4 is 0 Å². The molecule has 16 heavy (non-hydrogen) atoms. The van der Waals surface area contributed by atoms with Gasteiger partial charge in [0.2, 0.25) is 12.3 Å². The van der Waals surface area contributed by atoms with Crippen molar-refractivity contribution in [3.05, 3.63) is 12.2 Å². The molecule has 0 saturated carbocycles. The molecule has 0 rings (SSSR count). The fourth-order valence-electron chi connectivity index (χ4n) is 0.797. The molecule has 1 unspecified atom stereocenters. The van der Waals surface area contributed by atoms with Crippen molar-refractivity contribution in [3.63, 3.8) is 0 Å². The van der Waals surface area contributed by atoms with Gasteiger partial charge in [0.05, 0.1) is 13.0 Å². The van der Waals surface area contributed by atoms with Gasteiger partial charge in [-0.05, 0) is 13.8 Å². The molecule has 6 nitrogen and oxygen atoms in total. The molecule has 6 heteroatoms. The monoisotopic (exact) mass is 227 g/mol. The minimum absolute atomic E-state index is 0.0496. The van der Waals surface area contributed by atoms with E-state index in [4.69, 9.17) is 0 Å². The van der Waals surface area contributed by atoms with E-state index in [1.165, 1.54) is 13.0 Å². The molecule has 0 aliphatic rings. The van der Waals surface area contributed by atoms with Crippen molar-refractivity contribution in [1.29, 1.82) is 0 Å². The van der Waals surface area contributed by atoms with Gasteiger partial charge in [-0.15, -0.1) is 0 Å². The first-order valence-electron chi connectivity index (χ1n) is 4.62. The van der Waals surface area contributed by atoms with Crippen LogP contribution in [0.15, 0.2) is 17.1 Å². The SMILES string of the molecule is C=C(CC(=O)OCC)C(=O)OC(C)N=C=O. The molecule has 0 N–H and O–H groups in total. The second-order valence-corrected chi connectivity index (χ2v) is 2.81. The zero-order valence-corrected chi connectivity index (χ0v) is 9.19. The smallest absolute Gasteiger partial charge is 0.335 e. The summed E-state index contributed by atoms with van der Waals surface area (Å²) >= 11 is 0. The van der Waals surface area contributed by atoms with Gasteiger partial charge >= 0.3 is 11.9 Å². The molecule has 0 aromatic rings. The van der Waals surface area contributed by atoms with Gasteiger partial charge in [0.1, 0.15) is 0 Å². The van der Waals surface area contributed by atoms with Crippen molar-refractivity contribution in [2.24, 2.45) is 4.99 Å². The second kappa shape index (κ2) is 7.36. The summed E-state index contributed by atoms with van der Waals surface area (Å²) < 4.78 is 9.28. The van der Waals surface area contributed by atoms with Crippen LogP contribution >= 0.6 is 0 Å². The molecule has 0 radical (unpaired) electrons. The van der Waals surface area contributed by atoms with Crippen molar-refractivity contribution < 1.29 is 23.9 Å². The summed E-state index contributed by atoms with van der Waals surface area (Å²) in [6.07, 6.45) is 0.0627. The van der Waals surface area contributed by atoms with Gasteiger partial charge in [0.25, 0.3) is 0 Å². The summed E-state index contributed by atoms with van der Waals surface area (Å²) in [5, 5.41) is 0. The minimum Gasteiger partial charge on any atom is -0.466 e. The Labute approximate surface area is 92.9 Å². The fraction of sp³-hybridized carbons (Fsp3) is 0.500. The highest BCUT2D eigenvalue weighted by atomic mass is 16.6. The molecule has 0 aliphatic carbocycles. The third-order valence-corrected chi connectivity index (χ3v) is 1.46. The maximum absolute atomic E-state index is 11.2. The maximum Gasteiger partial charge on any atom is 0.335 e. The van der Waals surface area contributed by atoms with Gasteiger partial charge in [0, 0.05) is 5.57 Å². The third kappa shape index (κ3) is 5.72. The molecule has 0 aromatic carbocycles. The van der Waals surface area contributed by atoms with Crippen LogP contribution in [0.25, 0.3) is 0 Å². The molecule has 0 aromatic heterocycles. The van der Waals surface area contributed by atoms with Crippen LogP contribution in [-0.2, 0) is 23.9 Å². The normalized spacial score (nSPS) is 10.9. The van der Waals surface area contributed by atoms with Crippen molar-refractivity contribution in [2.75, 3.05) is 6.61 Å². The van der Waals surface area contributed by atoms with Crippen LogP contribution in [0.3, 0.4) is 0 Å². The van der Waals surface area contributed by atoms with Gasteiger partial charge in [-0.2, -0.15) is 4.99 Å². The lowest BCUT2D eigenvalue weighted by Crippen LogP contribution is -2.17. The highest BCUT2D eigenvalue weighted by molar-refractivity contribution is 5.93. The van der Waals surface area contributed by atoms with Crippen LogP contribution in [0.2, 0.25) is 0 Å². The predicted octanol–water partition coefficient (Wildman–Crippen LogP) is 0.721. The van der Waals surface area contributed by atoms with Crippen molar-refractivity contribution >= 4 is 18.0 Å². The summed E-state index contributed by atoms with van der Waals surface area (Å²) in [6, 6.07) is 0. The van der Waals surface area contributed by atoms with E-state index in [0.29, 0.717) is 0 Å². The highest BCUT2D eigenvalue weighted by Gasteiger charge is 2.16. The molecule has 0 fully saturated rings. The Kier molecular flexibility index (Phi) is 6.47. The number of rotatable bonds is 6. The quantitative estimate of drug-likeness (QED) is 0.289. The summed E-state index contributed by atoms with van der Waals surface area (Å²) in [5.74, 6) is -1.35. The summed E-state index contributed by atoms with van der Waals surface area (Å²) in [4.78, 5) is 35.2.